The van der Waals surface area contributed by atoms with Crippen LogP contribution in [0.25, 0.3) is 0 Å². The van der Waals surface area contributed by atoms with Crippen LogP contribution in [0.4, 0.5) is 0 Å². The molecule has 0 aliphatic carbocycles. The minimum absolute atomic E-state index is 0.0917. The lowest BCUT2D eigenvalue weighted by molar-refractivity contribution is -0.0508. The molecule has 0 saturated carbocycles. The summed E-state index contributed by atoms with van der Waals surface area (Å²) in [7, 11) is 1.84. The van der Waals surface area contributed by atoms with E-state index in [2.05, 4.69) is 31.0 Å². The molecule has 0 spiro atoms. The van der Waals surface area contributed by atoms with Gasteiger partial charge in [-0.15, -0.1) is 0 Å². The van der Waals surface area contributed by atoms with Crippen molar-refractivity contribution < 1.29 is 4.74 Å². The molecular weight excluding hydrogens is 212 g/mol. The van der Waals surface area contributed by atoms with Crippen molar-refractivity contribution in [1.29, 1.82) is 0 Å². The maximum Gasteiger partial charge on any atom is 0.0777 e. The number of unbranched alkanes of at least 4 members (excludes halogenated alkanes) is 1. The van der Waals surface area contributed by atoms with Gasteiger partial charge in [0.15, 0.2) is 0 Å². The van der Waals surface area contributed by atoms with E-state index < -0.39 is 0 Å². The average Bonchev–Trinajstić information content (AvgIpc) is 2.28. The fourth-order valence-corrected chi connectivity index (χ4v) is 2.52. The zero-order chi connectivity index (χ0) is 12.7. The zero-order valence-corrected chi connectivity index (χ0v) is 12.1. The van der Waals surface area contributed by atoms with Gasteiger partial charge in [-0.3, -0.25) is 0 Å². The Bertz CT molecular complexity index is 208. The third kappa shape index (κ3) is 5.84. The molecule has 1 saturated heterocycles. The van der Waals surface area contributed by atoms with Crippen molar-refractivity contribution in [2.75, 3.05) is 33.3 Å². The Morgan fingerprint density at radius 3 is 2.76 bits per heavy atom. The number of rotatable bonds is 7. The normalized spacial score (nSPS) is 26.6. The van der Waals surface area contributed by atoms with Crippen molar-refractivity contribution in [2.24, 2.45) is 0 Å². The number of piperidine rings is 1. The summed E-state index contributed by atoms with van der Waals surface area (Å²) in [5.74, 6) is 0. The molecule has 0 radical (unpaired) electrons. The average molecular weight is 242 g/mol. The second-order valence-corrected chi connectivity index (χ2v) is 5.85. The number of ether oxygens (including phenoxy) is 1. The monoisotopic (exact) mass is 242 g/mol. The molecule has 1 heterocycles. The first-order valence-electron chi connectivity index (χ1n) is 7.07. The third-order valence-electron chi connectivity index (χ3n) is 3.68. The maximum absolute atomic E-state index is 5.61. The molecular formula is C14H30N2O. The van der Waals surface area contributed by atoms with Crippen molar-refractivity contribution in [3.63, 3.8) is 0 Å². The van der Waals surface area contributed by atoms with E-state index in [1.807, 2.05) is 7.11 Å². The fourth-order valence-electron chi connectivity index (χ4n) is 2.52. The van der Waals surface area contributed by atoms with Crippen LogP contribution in [0.1, 0.15) is 46.5 Å². The first kappa shape index (κ1) is 14.9. The zero-order valence-electron chi connectivity index (χ0n) is 12.1. The Kier molecular flexibility index (Phi) is 6.45. The highest BCUT2D eigenvalue weighted by molar-refractivity contribution is 4.84. The highest BCUT2D eigenvalue weighted by Gasteiger charge is 2.30. The first-order chi connectivity index (χ1) is 8.06. The molecule has 3 nitrogen and oxygen atoms in total. The Morgan fingerprint density at radius 2 is 2.12 bits per heavy atom. The predicted octanol–water partition coefficient (Wildman–Crippen LogP) is 2.27. The van der Waals surface area contributed by atoms with Crippen LogP contribution in [0.2, 0.25) is 0 Å². The lowest BCUT2D eigenvalue weighted by Crippen LogP contribution is -2.47. The summed E-state index contributed by atoms with van der Waals surface area (Å²) in [6.07, 6.45) is 5.04. The highest BCUT2D eigenvalue weighted by atomic mass is 16.5. The van der Waals surface area contributed by atoms with E-state index in [9.17, 15) is 0 Å². The molecule has 0 aromatic carbocycles. The van der Waals surface area contributed by atoms with Crippen molar-refractivity contribution >= 4 is 0 Å². The molecule has 17 heavy (non-hydrogen) atoms. The van der Waals surface area contributed by atoms with Gasteiger partial charge in [-0.1, -0.05) is 13.8 Å². The Hall–Kier alpha value is -0.120. The van der Waals surface area contributed by atoms with Crippen LogP contribution in [0.3, 0.4) is 0 Å². The molecule has 0 bridgehead atoms. The van der Waals surface area contributed by atoms with Crippen LogP contribution in [-0.4, -0.2) is 49.8 Å². The molecule has 1 N–H and O–H groups in total. The lowest BCUT2D eigenvalue weighted by Gasteiger charge is -2.39. The van der Waals surface area contributed by atoms with Crippen molar-refractivity contribution in [3.05, 3.63) is 0 Å². The number of hydrogen-bond acceptors (Lipinski definition) is 3. The Morgan fingerprint density at radius 1 is 1.35 bits per heavy atom. The molecule has 3 heteroatoms. The van der Waals surface area contributed by atoms with E-state index in [1.54, 1.807) is 0 Å². The van der Waals surface area contributed by atoms with Crippen LogP contribution < -0.4 is 5.32 Å². The largest absolute Gasteiger partial charge is 0.377 e. The number of nitrogens with one attached hydrogen (secondary N) is 1. The molecule has 1 fully saturated rings. The van der Waals surface area contributed by atoms with Crippen LogP contribution in [0.15, 0.2) is 0 Å². The number of likely N-dealkylation sites (tertiary alicyclic amines) is 1. The van der Waals surface area contributed by atoms with Crippen LogP contribution in [0, 0.1) is 0 Å². The quantitative estimate of drug-likeness (QED) is 0.693. The van der Waals surface area contributed by atoms with E-state index in [0.29, 0.717) is 6.04 Å². The molecule has 102 valence electrons. The number of hydrogen-bond donors (Lipinski definition) is 1. The summed E-state index contributed by atoms with van der Waals surface area (Å²) in [5, 5.41) is 3.47. The predicted molar refractivity (Wildman–Crippen MR) is 73.5 cm³/mol. The minimum Gasteiger partial charge on any atom is -0.377 e. The molecule has 1 aliphatic heterocycles. The molecule has 0 aromatic heterocycles. The van der Waals surface area contributed by atoms with Gasteiger partial charge in [0, 0.05) is 19.7 Å². The summed E-state index contributed by atoms with van der Waals surface area (Å²) >= 11 is 0. The smallest absolute Gasteiger partial charge is 0.0777 e. The molecule has 1 atom stereocenters. The first-order valence-corrected chi connectivity index (χ1v) is 7.07. The van der Waals surface area contributed by atoms with Crippen LogP contribution in [0.5, 0.6) is 0 Å². The van der Waals surface area contributed by atoms with E-state index in [-0.39, 0.29) is 5.60 Å². The summed E-state index contributed by atoms with van der Waals surface area (Å²) in [4.78, 5) is 2.56. The van der Waals surface area contributed by atoms with E-state index in [0.717, 1.165) is 13.1 Å². The number of nitrogens with zero attached hydrogens (tertiary/aromatic N) is 1. The van der Waals surface area contributed by atoms with E-state index >= 15 is 0 Å². The van der Waals surface area contributed by atoms with E-state index in [1.165, 1.54) is 38.8 Å². The van der Waals surface area contributed by atoms with Gasteiger partial charge in [0.05, 0.1) is 5.60 Å². The second kappa shape index (κ2) is 7.34. The molecule has 1 aliphatic rings. The van der Waals surface area contributed by atoms with Crippen LogP contribution >= 0.6 is 0 Å². The van der Waals surface area contributed by atoms with Gasteiger partial charge in [-0.05, 0) is 52.2 Å². The van der Waals surface area contributed by atoms with Crippen molar-refractivity contribution in [2.45, 2.75) is 58.1 Å². The van der Waals surface area contributed by atoms with Gasteiger partial charge in [0.2, 0.25) is 0 Å². The standard InChI is InChI=1S/C14H30N2O/c1-13(2)15-9-5-6-10-16-11-7-8-14(3,12-16)17-4/h13,15H,5-12H2,1-4H3. The Labute approximate surface area is 107 Å². The summed E-state index contributed by atoms with van der Waals surface area (Å²) in [5.41, 5.74) is 0.0917. The van der Waals surface area contributed by atoms with Gasteiger partial charge >= 0.3 is 0 Å². The van der Waals surface area contributed by atoms with Gasteiger partial charge in [-0.2, -0.15) is 0 Å². The highest BCUT2D eigenvalue weighted by Crippen LogP contribution is 2.23. The van der Waals surface area contributed by atoms with Gasteiger partial charge in [-0.25, -0.2) is 0 Å². The Balaban J connectivity index is 2.11. The molecule has 0 aromatic rings. The maximum atomic E-state index is 5.61. The third-order valence-corrected chi connectivity index (χ3v) is 3.68. The van der Waals surface area contributed by atoms with Crippen LogP contribution in [-0.2, 0) is 4.74 Å². The molecule has 1 rings (SSSR count). The fraction of sp³-hybridized carbons (Fsp3) is 1.00. The van der Waals surface area contributed by atoms with E-state index in [4.69, 9.17) is 4.74 Å². The minimum atomic E-state index is 0.0917. The van der Waals surface area contributed by atoms with Crippen molar-refractivity contribution in [3.8, 4) is 0 Å². The molecule has 0 amide bonds. The summed E-state index contributed by atoms with van der Waals surface area (Å²) < 4.78 is 5.61. The number of methoxy groups -OCH3 is 1. The summed E-state index contributed by atoms with van der Waals surface area (Å²) in [6, 6.07) is 0.613. The molecule has 1 unspecified atom stereocenters. The second-order valence-electron chi connectivity index (χ2n) is 5.85. The summed E-state index contributed by atoms with van der Waals surface area (Å²) in [6.45, 7) is 11.4. The topological polar surface area (TPSA) is 24.5 Å². The van der Waals surface area contributed by atoms with Gasteiger partial charge < -0.3 is 15.0 Å². The SMILES string of the molecule is COC1(C)CCCN(CCCCNC(C)C)C1. The van der Waals surface area contributed by atoms with Gasteiger partial charge in [0.1, 0.15) is 0 Å². The van der Waals surface area contributed by atoms with Crippen molar-refractivity contribution in [1.82, 2.24) is 10.2 Å². The lowest BCUT2D eigenvalue weighted by atomic mass is 9.94. The van der Waals surface area contributed by atoms with Gasteiger partial charge in [0.25, 0.3) is 0 Å².